The first-order valence-corrected chi connectivity index (χ1v) is 9.62. The van der Waals surface area contributed by atoms with Gasteiger partial charge in [0.15, 0.2) is 0 Å². The van der Waals surface area contributed by atoms with Crippen molar-refractivity contribution < 1.29 is 14.3 Å². The molecule has 1 fully saturated rings. The van der Waals surface area contributed by atoms with Gasteiger partial charge in [-0.25, -0.2) is 0 Å². The Labute approximate surface area is 167 Å². The summed E-state index contributed by atoms with van der Waals surface area (Å²) in [5, 5.41) is 9.47. The molecule has 6 nitrogen and oxygen atoms in total. The van der Waals surface area contributed by atoms with Gasteiger partial charge in [0.1, 0.15) is 12.4 Å². The highest BCUT2D eigenvalue weighted by molar-refractivity contribution is 5.96. The van der Waals surface area contributed by atoms with E-state index in [0.717, 1.165) is 45.2 Å². The highest BCUT2D eigenvalue weighted by Gasteiger charge is 2.39. The molecule has 1 aromatic rings. The summed E-state index contributed by atoms with van der Waals surface area (Å²) in [6.45, 7) is 4.65. The van der Waals surface area contributed by atoms with Gasteiger partial charge in [-0.05, 0) is 57.8 Å². The fourth-order valence-corrected chi connectivity index (χ4v) is 3.79. The number of fused-ring (bicyclic) bond motifs is 1. The molecule has 150 valence electrons. The topological polar surface area (TPSA) is 79.5 Å². The molecule has 0 bridgehead atoms. The third-order valence-corrected chi connectivity index (χ3v) is 5.41. The van der Waals surface area contributed by atoms with E-state index < -0.39 is 0 Å². The number of carbonyl (C=O) groups is 2. The standard InChI is InChI=1S/C20H29N3O3.ClH/c1-15-14-26-17-7-3-2-6-16(17)18(24)22-11-5-4-8-20(19(25)23-15)9-12-21-13-10-20;/h2-3,6-7,15,21H,4-5,8-14H2,1H3,(H,22,24)(H,23,25);1H/t15-;/m1./s1. The lowest BCUT2D eigenvalue weighted by atomic mass is 9.74. The predicted octanol–water partition coefficient (Wildman–Crippen LogP) is 2.28. The van der Waals surface area contributed by atoms with Gasteiger partial charge in [0.05, 0.1) is 17.0 Å². The van der Waals surface area contributed by atoms with Crippen LogP contribution in [-0.4, -0.2) is 44.1 Å². The number of nitrogens with one attached hydrogen (secondary N) is 3. The number of hydrogen-bond acceptors (Lipinski definition) is 4. The number of piperidine rings is 1. The van der Waals surface area contributed by atoms with Crippen LogP contribution >= 0.6 is 12.4 Å². The van der Waals surface area contributed by atoms with E-state index in [9.17, 15) is 9.59 Å². The number of hydrogen-bond donors (Lipinski definition) is 3. The van der Waals surface area contributed by atoms with Gasteiger partial charge >= 0.3 is 0 Å². The van der Waals surface area contributed by atoms with E-state index in [1.54, 1.807) is 12.1 Å². The lowest BCUT2D eigenvalue weighted by Crippen LogP contribution is -2.51. The average molecular weight is 396 g/mol. The minimum absolute atomic E-state index is 0. The van der Waals surface area contributed by atoms with Gasteiger partial charge in [0.2, 0.25) is 5.91 Å². The molecule has 1 atom stereocenters. The Morgan fingerprint density at radius 3 is 2.56 bits per heavy atom. The van der Waals surface area contributed by atoms with E-state index in [1.165, 1.54) is 0 Å². The van der Waals surface area contributed by atoms with E-state index in [2.05, 4.69) is 16.0 Å². The second-order valence-corrected chi connectivity index (χ2v) is 7.43. The van der Waals surface area contributed by atoms with E-state index >= 15 is 0 Å². The Bertz CT molecular complexity index is 647. The molecule has 0 saturated carbocycles. The fourth-order valence-electron chi connectivity index (χ4n) is 3.79. The van der Waals surface area contributed by atoms with Crippen LogP contribution in [0.1, 0.15) is 49.4 Å². The molecule has 2 aliphatic rings. The average Bonchev–Trinajstić information content (AvgIpc) is 2.66. The number of halogens is 1. The van der Waals surface area contributed by atoms with Crippen LogP contribution in [-0.2, 0) is 4.79 Å². The van der Waals surface area contributed by atoms with E-state index in [0.29, 0.717) is 24.5 Å². The van der Waals surface area contributed by atoms with Crippen molar-refractivity contribution in [2.45, 2.75) is 45.1 Å². The maximum absolute atomic E-state index is 13.0. The predicted molar refractivity (Wildman–Crippen MR) is 108 cm³/mol. The molecule has 0 radical (unpaired) electrons. The summed E-state index contributed by atoms with van der Waals surface area (Å²) in [5.74, 6) is 0.593. The summed E-state index contributed by atoms with van der Waals surface area (Å²) in [6, 6.07) is 7.13. The molecule has 2 heterocycles. The molecule has 1 spiro atoms. The summed E-state index contributed by atoms with van der Waals surface area (Å²) >= 11 is 0. The Balaban J connectivity index is 0.00000261. The molecule has 3 N–H and O–H groups in total. The van der Waals surface area contributed by atoms with Crippen molar-refractivity contribution in [1.29, 1.82) is 0 Å². The van der Waals surface area contributed by atoms with E-state index in [1.807, 2.05) is 19.1 Å². The molecule has 27 heavy (non-hydrogen) atoms. The third-order valence-electron chi connectivity index (χ3n) is 5.41. The summed E-state index contributed by atoms with van der Waals surface area (Å²) in [7, 11) is 0. The summed E-state index contributed by atoms with van der Waals surface area (Å²) in [4.78, 5) is 25.4. The van der Waals surface area contributed by atoms with Crippen LogP contribution in [0.2, 0.25) is 0 Å². The van der Waals surface area contributed by atoms with Gasteiger partial charge in [-0.15, -0.1) is 12.4 Å². The van der Waals surface area contributed by atoms with Gasteiger partial charge in [-0.2, -0.15) is 0 Å². The Morgan fingerprint density at radius 1 is 1.04 bits per heavy atom. The molecule has 0 unspecified atom stereocenters. The zero-order valence-corrected chi connectivity index (χ0v) is 16.7. The minimum Gasteiger partial charge on any atom is -0.491 e. The summed E-state index contributed by atoms with van der Waals surface area (Å²) in [6.07, 6.45) is 4.39. The van der Waals surface area contributed by atoms with Crippen LogP contribution in [0.15, 0.2) is 24.3 Å². The highest BCUT2D eigenvalue weighted by Crippen LogP contribution is 2.35. The first kappa shape index (κ1) is 21.5. The Hall–Kier alpha value is -1.79. The summed E-state index contributed by atoms with van der Waals surface area (Å²) in [5.41, 5.74) is 0.240. The van der Waals surface area contributed by atoms with Gasteiger partial charge in [0, 0.05) is 6.54 Å². The van der Waals surface area contributed by atoms with Crippen LogP contribution in [0.5, 0.6) is 5.75 Å². The highest BCUT2D eigenvalue weighted by atomic mass is 35.5. The number of ether oxygens (including phenoxy) is 1. The van der Waals surface area contributed by atoms with E-state index in [-0.39, 0.29) is 35.7 Å². The van der Waals surface area contributed by atoms with Crippen molar-refractivity contribution in [3.63, 3.8) is 0 Å². The zero-order chi connectivity index (χ0) is 18.4. The number of para-hydroxylation sites is 1. The number of rotatable bonds is 0. The third kappa shape index (κ3) is 5.36. The molecule has 2 aliphatic heterocycles. The Morgan fingerprint density at radius 2 is 1.78 bits per heavy atom. The molecular weight excluding hydrogens is 366 g/mol. The SMILES string of the molecule is C[C@@H]1COc2ccccc2C(=O)NCCCCC2(CCNCC2)C(=O)N1.Cl. The molecule has 0 aromatic heterocycles. The lowest BCUT2D eigenvalue weighted by molar-refractivity contribution is -0.134. The number of amides is 2. The molecule has 1 aromatic carbocycles. The van der Waals surface area contributed by atoms with Crippen LogP contribution in [0.25, 0.3) is 0 Å². The normalized spacial score (nSPS) is 23.7. The van der Waals surface area contributed by atoms with Crippen LogP contribution in [0.3, 0.4) is 0 Å². The second-order valence-electron chi connectivity index (χ2n) is 7.43. The fraction of sp³-hybridized carbons (Fsp3) is 0.600. The second kappa shape index (κ2) is 9.95. The van der Waals surface area contributed by atoms with Crippen LogP contribution in [0.4, 0.5) is 0 Å². The van der Waals surface area contributed by atoms with Gasteiger partial charge in [-0.3, -0.25) is 9.59 Å². The quantitative estimate of drug-likeness (QED) is 0.629. The van der Waals surface area contributed by atoms with E-state index in [4.69, 9.17) is 4.74 Å². The van der Waals surface area contributed by atoms with Crippen molar-refractivity contribution in [3.8, 4) is 5.75 Å². The maximum Gasteiger partial charge on any atom is 0.255 e. The van der Waals surface area contributed by atoms with Crippen LogP contribution in [0, 0.1) is 5.41 Å². The van der Waals surface area contributed by atoms with Gasteiger partial charge in [-0.1, -0.05) is 18.6 Å². The molecule has 1 saturated heterocycles. The van der Waals surface area contributed by atoms with Crippen molar-refractivity contribution in [2.24, 2.45) is 5.41 Å². The first-order valence-electron chi connectivity index (χ1n) is 9.62. The molecular formula is C20H30ClN3O3. The largest absolute Gasteiger partial charge is 0.491 e. The molecule has 0 aliphatic carbocycles. The maximum atomic E-state index is 13.0. The van der Waals surface area contributed by atoms with Crippen molar-refractivity contribution >= 4 is 24.2 Å². The smallest absolute Gasteiger partial charge is 0.255 e. The molecule has 3 rings (SSSR count). The first-order chi connectivity index (χ1) is 12.6. The lowest BCUT2D eigenvalue weighted by Gasteiger charge is -2.37. The molecule has 7 heteroatoms. The van der Waals surface area contributed by atoms with Crippen molar-refractivity contribution in [3.05, 3.63) is 29.8 Å². The number of benzene rings is 1. The summed E-state index contributed by atoms with van der Waals surface area (Å²) < 4.78 is 5.85. The van der Waals surface area contributed by atoms with Crippen molar-refractivity contribution in [1.82, 2.24) is 16.0 Å². The number of carbonyl (C=O) groups excluding carboxylic acids is 2. The Kier molecular flexibility index (Phi) is 7.92. The van der Waals surface area contributed by atoms with Crippen LogP contribution < -0.4 is 20.7 Å². The minimum atomic E-state index is -0.300. The molecule has 2 amide bonds. The van der Waals surface area contributed by atoms with Gasteiger partial charge in [0.25, 0.3) is 5.91 Å². The van der Waals surface area contributed by atoms with Crippen molar-refractivity contribution in [2.75, 3.05) is 26.2 Å². The van der Waals surface area contributed by atoms with Gasteiger partial charge < -0.3 is 20.7 Å². The monoisotopic (exact) mass is 395 g/mol. The zero-order valence-electron chi connectivity index (χ0n) is 15.9.